The highest BCUT2D eigenvalue weighted by Crippen LogP contribution is 2.30. The molecule has 192 valence electrons. The summed E-state index contributed by atoms with van der Waals surface area (Å²) >= 11 is 0. The van der Waals surface area contributed by atoms with Gasteiger partial charge in [0.15, 0.2) is 0 Å². The van der Waals surface area contributed by atoms with Gasteiger partial charge in [-0.05, 0) is 59.9 Å². The lowest BCUT2D eigenvalue weighted by atomic mass is 9.88. The standard InChI is InChI=1S/C31H35N3O3/c1-33(2)28-16-13-25(14-17-28)24-11-9-23(10-12-24)22-34(31(36)26-7-5-4-6-8-26)29-19-20-32-27(21-29)15-18-30(35)37-3/h9-21,26H,4-8,22H2,1-3H3/b18-15+. The van der Waals surface area contributed by atoms with Crippen LogP contribution in [-0.4, -0.2) is 38.1 Å². The van der Waals surface area contributed by atoms with Gasteiger partial charge in [-0.25, -0.2) is 4.79 Å². The zero-order valence-electron chi connectivity index (χ0n) is 21.9. The number of anilines is 2. The molecule has 0 atom stereocenters. The summed E-state index contributed by atoms with van der Waals surface area (Å²) in [6.45, 7) is 0.472. The van der Waals surface area contributed by atoms with Crippen LogP contribution in [0.4, 0.5) is 11.4 Å². The molecule has 6 nitrogen and oxygen atoms in total. The number of benzene rings is 2. The highest BCUT2D eigenvalue weighted by atomic mass is 16.5. The number of methoxy groups -OCH3 is 1. The van der Waals surface area contributed by atoms with E-state index in [9.17, 15) is 9.59 Å². The van der Waals surface area contributed by atoms with Crippen LogP contribution < -0.4 is 9.80 Å². The lowest BCUT2D eigenvalue weighted by Crippen LogP contribution is -2.36. The number of esters is 1. The summed E-state index contributed by atoms with van der Waals surface area (Å²) in [5.74, 6) is -0.263. The van der Waals surface area contributed by atoms with E-state index in [-0.39, 0.29) is 11.8 Å². The molecule has 0 bridgehead atoms. The molecule has 4 rings (SSSR count). The van der Waals surface area contributed by atoms with Crippen molar-refractivity contribution >= 4 is 29.3 Å². The molecule has 0 radical (unpaired) electrons. The largest absolute Gasteiger partial charge is 0.466 e. The zero-order chi connectivity index (χ0) is 26.2. The van der Waals surface area contributed by atoms with Crippen molar-refractivity contribution in [3.05, 3.63) is 84.2 Å². The predicted molar refractivity (Wildman–Crippen MR) is 149 cm³/mol. The van der Waals surface area contributed by atoms with Crippen molar-refractivity contribution in [1.82, 2.24) is 4.98 Å². The minimum absolute atomic E-state index is 0.0328. The minimum atomic E-state index is -0.446. The lowest BCUT2D eigenvalue weighted by Gasteiger charge is -2.29. The predicted octanol–water partition coefficient (Wildman–Crippen LogP) is 6.11. The van der Waals surface area contributed by atoms with Crippen molar-refractivity contribution in [3.8, 4) is 11.1 Å². The first-order chi connectivity index (χ1) is 17.9. The molecule has 0 unspecified atom stereocenters. The summed E-state index contributed by atoms with van der Waals surface area (Å²) in [5.41, 5.74) is 5.89. The molecule has 1 heterocycles. The maximum Gasteiger partial charge on any atom is 0.330 e. The molecule has 1 aliphatic rings. The molecule has 0 aliphatic heterocycles. The van der Waals surface area contributed by atoms with Crippen molar-refractivity contribution in [2.45, 2.75) is 38.6 Å². The molecular formula is C31H35N3O3. The SMILES string of the molecule is COC(=O)/C=C/c1cc(N(Cc2ccc(-c3ccc(N(C)C)cc3)cc2)C(=O)C2CCCCC2)ccn1. The average Bonchev–Trinajstić information content (AvgIpc) is 2.95. The fraction of sp³-hybridized carbons (Fsp3) is 0.323. The number of ether oxygens (including phenoxy) is 1. The topological polar surface area (TPSA) is 62.7 Å². The van der Waals surface area contributed by atoms with Crippen LogP contribution in [0.5, 0.6) is 0 Å². The second-order valence-corrected chi connectivity index (χ2v) is 9.69. The van der Waals surface area contributed by atoms with Crippen LogP contribution in [0.1, 0.15) is 43.4 Å². The Kier molecular flexibility index (Phi) is 8.72. The van der Waals surface area contributed by atoms with Gasteiger partial charge in [0.25, 0.3) is 0 Å². The first-order valence-corrected chi connectivity index (χ1v) is 12.8. The van der Waals surface area contributed by atoms with Crippen LogP contribution in [0.2, 0.25) is 0 Å². The van der Waals surface area contributed by atoms with Crippen molar-refractivity contribution in [2.75, 3.05) is 31.0 Å². The van der Waals surface area contributed by atoms with Crippen LogP contribution in [0.15, 0.2) is 72.9 Å². The van der Waals surface area contributed by atoms with Gasteiger partial charge in [-0.2, -0.15) is 0 Å². The van der Waals surface area contributed by atoms with Crippen molar-refractivity contribution < 1.29 is 14.3 Å². The van der Waals surface area contributed by atoms with Crippen molar-refractivity contribution in [1.29, 1.82) is 0 Å². The van der Waals surface area contributed by atoms with Gasteiger partial charge in [0.05, 0.1) is 19.3 Å². The number of carbonyl (C=O) groups is 2. The number of amides is 1. The van der Waals surface area contributed by atoms with Gasteiger partial charge >= 0.3 is 5.97 Å². The van der Waals surface area contributed by atoms with E-state index in [1.165, 1.54) is 19.6 Å². The van der Waals surface area contributed by atoms with Gasteiger partial charge in [0.1, 0.15) is 0 Å². The van der Waals surface area contributed by atoms with Gasteiger partial charge in [-0.1, -0.05) is 55.7 Å². The second kappa shape index (κ2) is 12.3. The number of rotatable bonds is 8. The molecule has 0 spiro atoms. The summed E-state index contributed by atoms with van der Waals surface area (Å²) in [6.07, 6.45) is 9.85. The third-order valence-corrected chi connectivity index (χ3v) is 6.90. The van der Waals surface area contributed by atoms with E-state index in [2.05, 4.69) is 63.2 Å². The van der Waals surface area contributed by atoms with Gasteiger partial charge in [0, 0.05) is 43.7 Å². The van der Waals surface area contributed by atoms with E-state index in [1.54, 1.807) is 12.3 Å². The summed E-state index contributed by atoms with van der Waals surface area (Å²) in [4.78, 5) is 33.5. The van der Waals surface area contributed by atoms with E-state index in [4.69, 9.17) is 0 Å². The first kappa shape index (κ1) is 26.1. The fourth-order valence-electron chi connectivity index (χ4n) is 4.72. The van der Waals surface area contributed by atoms with Crippen LogP contribution in [0, 0.1) is 5.92 Å². The molecule has 3 aromatic rings. The van der Waals surface area contributed by atoms with E-state index < -0.39 is 5.97 Å². The highest BCUT2D eigenvalue weighted by Gasteiger charge is 2.27. The summed E-state index contributed by atoms with van der Waals surface area (Å²) < 4.78 is 4.68. The maximum absolute atomic E-state index is 13.7. The molecule has 1 amide bonds. The van der Waals surface area contributed by atoms with Crippen LogP contribution in [0.3, 0.4) is 0 Å². The Bertz CT molecular complexity index is 1230. The van der Waals surface area contributed by atoms with Crippen molar-refractivity contribution in [2.24, 2.45) is 5.92 Å². The van der Waals surface area contributed by atoms with E-state index >= 15 is 0 Å². The highest BCUT2D eigenvalue weighted by molar-refractivity contribution is 5.95. The zero-order valence-corrected chi connectivity index (χ0v) is 21.9. The molecule has 1 aliphatic carbocycles. The van der Waals surface area contributed by atoms with Crippen LogP contribution in [-0.2, 0) is 20.9 Å². The number of nitrogens with zero attached hydrogens (tertiary/aromatic N) is 3. The molecule has 1 saturated carbocycles. The Labute approximate surface area is 219 Å². The van der Waals surface area contributed by atoms with Crippen LogP contribution in [0.25, 0.3) is 17.2 Å². The molecule has 1 fully saturated rings. The third-order valence-electron chi connectivity index (χ3n) is 6.90. The quantitative estimate of drug-likeness (QED) is 0.277. The Hall–Kier alpha value is -3.93. The Morgan fingerprint density at radius 1 is 0.919 bits per heavy atom. The van der Waals surface area contributed by atoms with Gasteiger partial charge in [-0.3, -0.25) is 9.78 Å². The van der Waals surface area contributed by atoms with Crippen LogP contribution >= 0.6 is 0 Å². The van der Waals surface area contributed by atoms with E-state index in [1.807, 2.05) is 31.1 Å². The number of aromatic nitrogens is 1. The normalized spacial score (nSPS) is 13.9. The molecule has 0 saturated heterocycles. The smallest absolute Gasteiger partial charge is 0.330 e. The average molecular weight is 498 g/mol. The lowest BCUT2D eigenvalue weighted by molar-refractivity contribution is -0.134. The number of hydrogen-bond acceptors (Lipinski definition) is 5. The summed E-state index contributed by atoms with van der Waals surface area (Å²) in [6, 6.07) is 20.6. The minimum Gasteiger partial charge on any atom is -0.466 e. The molecule has 0 N–H and O–H groups in total. The third kappa shape index (κ3) is 6.85. The van der Waals surface area contributed by atoms with Gasteiger partial charge in [0.2, 0.25) is 5.91 Å². The molecular weight excluding hydrogens is 462 g/mol. The maximum atomic E-state index is 13.7. The summed E-state index contributed by atoms with van der Waals surface area (Å²) in [5, 5.41) is 0. The molecule has 1 aromatic heterocycles. The number of hydrogen-bond donors (Lipinski definition) is 0. The number of pyridine rings is 1. The summed E-state index contributed by atoms with van der Waals surface area (Å²) in [7, 11) is 5.40. The molecule has 2 aromatic carbocycles. The van der Waals surface area contributed by atoms with Crippen molar-refractivity contribution in [3.63, 3.8) is 0 Å². The monoisotopic (exact) mass is 497 g/mol. The fourth-order valence-corrected chi connectivity index (χ4v) is 4.72. The van der Waals surface area contributed by atoms with E-state index in [0.29, 0.717) is 12.2 Å². The Morgan fingerprint density at radius 2 is 1.57 bits per heavy atom. The molecule has 37 heavy (non-hydrogen) atoms. The Morgan fingerprint density at radius 3 is 2.19 bits per heavy atom. The van der Waals surface area contributed by atoms with Gasteiger partial charge in [-0.15, -0.1) is 0 Å². The Balaban J connectivity index is 1.58. The molecule has 6 heteroatoms. The first-order valence-electron chi connectivity index (χ1n) is 12.8. The second-order valence-electron chi connectivity index (χ2n) is 9.69. The number of carbonyl (C=O) groups excluding carboxylic acids is 2. The van der Waals surface area contributed by atoms with Gasteiger partial charge < -0.3 is 14.5 Å². The van der Waals surface area contributed by atoms with E-state index in [0.717, 1.165) is 53.7 Å².